The SMILES string of the molecule is CC(CO)CNc1ccc(I)cc1[N+](=O)[O-]. The highest BCUT2D eigenvalue weighted by molar-refractivity contribution is 14.1. The fourth-order valence-corrected chi connectivity index (χ4v) is 1.63. The molecule has 0 bridgehead atoms. The van der Waals surface area contributed by atoms with Gasteiger partial charge in [0.15, 0.2) is 0 Å². The first-order valence-corrected chi connectivity index (χ1v) is 5.91. The maximum atomic E-state index is 10.8. The molecule has 6 heteroatoms. The first kappa shape index (κ1) is 13.2. The minimum atomic E-state index is -0.409. The highest BCUT2D eigenvalue weighted by Crippen LogP contribution is 2.26. The van der Waals surface area contributed by atoms with Crippen LogP contribution >= 0.6 is 22.6 Å². The highest BCUT2D eigenvalue weighted by atomic mass is 127. The maximum absolute atomic E-state index is 10.8. The van der Waals surface area contributed by atoms with E-state index in [4.69, 9.17) is 5.11 Å². The van der Waals surface area contributed by atoms with Crippen molar-refractivity contribution in [3.63, 3.8) is 0 Å². The number of nitrogens with zero attached hydrogens (tertiary/aromatic N) is 1. The third-order valence-electron chi connectivity index (χ3n) is 2.11. The monoisotopic (exact) mass is 336 g/mol. The molecule has 88 valence electrons. The molecule has 0 aromatic heterocycles. The minimum absolute atomic E-state index is 0.0607. The number of nitrogens with one attached hydrogen (secondary N) is 1. The topological polar surface area (TPSA) is 75.4 Å². The van der Waals surface area contributed by atoms with E-state index >= 15 is 0 Å². The third-order valence-corrected chi connectivity index (χ3v) is 2.78. The Bertz CT molecular complexity index is 384. The van der Waals surface area contributed by atoms with Gasteiger partial charge in [0.2, 0.25) is 0 Å². The van der Waals surface area contributed by atoms with Crippen LogP contribution in [0.15, 0.2) is 18.2 Å². The number of nitro benzene ring substituents is 1. The number of benzene rings is 1. The van der Waals surface area contributed by atoms with Crippen LogP contribution in [0.5, 0.6) is 0 Å². The second kappa shape index (κ2) is 6.00. The predicted octanol–water partition coefficient (Wildman–Crippen LogP) is 2.24. The molecule has 0 aliphatic heterocycles. The van der Waals surface area contributed by atoms with E-state index in [1.54, 1.807) is 12.1 Å². The van der Waals surface area contributed by atoms with E-state index in [1.807, 2.05) is 29.5 Å². The Hall–Kier alpha value is -0.890. The summed E-state index contributed by atoms with van der Waals surface area (Å²) in [4.78, 5) is 10.4. The average molecular weight is 336 g/mol. The van der Waals surface area contributed by atoms with Gasteiger partial charge in [-0.15, -0.1) is 0 Å². The molecule has 0 fully saturated rings. The van der Waals surface area contributed by atoms with Gasteiger partial charge >= 0.3 is 0 Å². The number of hydrogen-bond acceptors (Lipinski definition) is 4. The Balaban J connectivity index is 2.82. The summed E-state index contributed by atoms with van der Waals surface area (Å²) in [5, 5.41) is 22.6. The molecular formula is C10H13IN2O3. The molecule has 0 saturated carbocycles. The van der Waals surface area contributed by atoms with Gasteiger partial charge < -0.3 is 10.4 Å². The Morgan fingerprint density at radius 3 is 2.88 bits per heavy atom. The lowest BCUT2D eigenvalue weighted by Gasteiger charge is -2.11. The fourth-order valence-electron chi connectivity index (χ4n) is 1.15. The quantitative estimate of drug-likeness (QED) is 0.491. The summed E-state index contributed by atoms with van der Waals surface area (Å²) < 4.78 is 0.824. The molecule has 0 aliphatic rings. The van der Waals surface area contributed by atoms with Crippen molar-refractivity contribution in [1.82, 2.24) is 0 Å². The van der Waals surface area contributed by atoms with Gasteiger partial charge in [-0.25, -0.2) is 0 Å². The second-order valence-corrected chi connectivity index (χ2v) is 4.83. The molecule has 1 rings (SSSR count). The zero-order chi connectivity index (χ0) is 12.1. The largest absolute Gasteiger partial charge is 0.396 e. The first-order chi connectivity index (χ1) is 7.54. The lowest BCUT2D eigenvalue weighted by Crippen LogP contribution is -2.15. The number of anilines is 1. The molecular weight excluding hydrogens is 323 g/mol. The molecule has 1 aromatic carbocycles. The van der Waals surface area contributed by atoms with Crippen LogP contribution in [0.4, 0.5) is 11.4 Å². The number of halogens is 1. The number of nitro groups is 1. The lowest BCUT2D eigenvalue weighted by atomic mass is 10.2. The van der Waals surface area contributed by atoms with E-state index in [0.29, 0.717) is 12.2 Å². The van der Waals surface area contributed by atoms with Crippen molar-refractivity contribution in [2.75, 3.05) is 18.5 Å². The smallest absolute Gasteiger partial charge is 0.293 e. The van der Waals surface area contributed by atoms with E-state index < -0.39 is 4.92 Å². The molecule has 1 aromatic rings. The van der Waals surface area contributed by atoms with Crippen LogP contribution in [0.1, 0.15) is 6.92 Å². The molecule has 0 heterocycles. The zero-order valence-corrected chi connectivity index (χ0v) is 11.0. The molecule has 0 radical (unpaired) electrons. The van der Waals surface area contributed by atoms with Gasteiger partial charge in [-0.3, -0.25) is 10.1 Å². The van der Waals surface area contributed by atoms with Crippen LogP contribution in [0.25, 0.3) is 0 Å². The minimum Gasteiger partial charge on any atom is -0.396 e. The van der Waals surface area contributed by atoms with Crippen LogP contribution in [-0.4, -0.2) is 23.2 Å². The van der Waals surface area contributed by atoms with E-state index in [2.05, 4.69) is 5.32 Å². The van der Waals surface area contributed by atoms with Crippen LogP contribution in [0, 0.1) is 19.6 Å². The van der Waals surface area contributed by atoms with Crippen LogP contribution in [0.2, 0.25) is 0 Å². The van der Waals surface area contributed by atoms with Gasteiger partial charge in [0, 0.05) is 22.8 Å². The first-order valence-electron chi connectivity index (χ1n) is 4.83. The molecule has 2 N–H and O–H groups in total. The summed E-state index contributed by atoms with van der Waals surface area (Å²) in [7, 11) is 0. The standard InChI is InChI=1S/C10H13IN2O3/c1-7(6-14)5-12-9-3-2-8(11)4-10(9)13(15)16/h2-4,7,12,14H,5-6H2,1H3. The van der Waals surface area contributed by atoms with Crippen molar-refractivity contribution in [3.8, 4) is 0 Å². The Kier molecular flexibility index (Phi) is 4.94. The summed E-state index contributed by atoms with van der Waals surface area (Å²) in [5.74, 6) is 0.0684. The van der Waals surface area contributed by atoms with E-state index in [1.165, 1.54) is 6.07 Å². The maximum Gasteiger partial charge on any atom is 0.293 e. The Morgan fingerprint density at radius 2 is 2.31 bits per heavy atom. The van der Waals surface area contributed by atoms with Crippen molar-refractivity contribution in [1.29, 1.82) is 0 Å². The van der Waals surface area contributed by atoms with E-state index in [0.717, 1.165) is 3.57 Å². The average Bonchev–Trinajstić information content (AvgIpc) is 2.26. The van der Waals surface area contributed by atoms with Crippen molar-refractivity contribution in [2.45, 2.75) is 6.92 Å². The van der Waals surface area contributed by atoms with Gasteiger partial charge in [-0.2, -0.15) is 0 Å². The molecule has 5 nitrogen and oxygen atoms in total. The van der Waals surface area contributed by atoms with Crippen molar-refractivity contribution in [2.24, 2.45) is 5.92 Å². The van der Waals surface area contributed by atoms with E-state index in [-0.39, 0.29) is 18.2 Å². The van der Waals surface area contributed by atoms with Gasteiger partial charge in [-0.05, 0) is 40.6 Å². The molecule has 1 unspecified atom stereocenters. The predicted molar refractivity (Wildman–Crippen MR) is 70.6 cm³/mol. The summed E-state index contributed by atoms with van der Waals surface area (Å²) in [6.07, 6.45) is 0. The number of aliphatic hydroxyl groups is 1. The summed E-state index contributed by atoms with van der Waals surface area (Å²) >= 11 is 2.03. The van der Waals surface area contributed by atoms with Crippen LogP contribution < -0.4 is 5.32 Å². The fraction of sp³-hybridized carbons (Fsp3) is 0.400. The number of aliphatic hydroxyl groups excluding tert-OH is 1. The molecule has 1 atom stereocenters. The van der Waals surface area contributed by atoms with Gasteiger partial charge in [0.25, 0.3) is 5.69 Å². The summed E-state index contributed by atoms with van der Waals surface area (Å²) in [6.45, 7) is 2.44. The zero-order valence-electron chi connectivity index (χ0n) is 8.81. The Labute approximate surface area is 107 Å². The van der Waals surface area contributed by atoms with Crippen LogP contribution in [-0.2, 0) is 0 Å². The highest BCUT2D eigenvalue weighted by Gasteiger charge is 2.14. The molecule has 0 saturated heterocycles. The molecule has 0 spiro atoms. The summed E-state index contributed by atoms with van der Waals surface area (Å²) in [6, 6.07) is 5.01. The Morgan fingerprint density at radius 1 is 1.62 bits per heavy atom. The van der Waals surface area contributed by atoms with Gasteiger partial charge in [-0.1, -0.05) is 6.92 Å². The van der Waals surface area contributed by atoms with E-state index in [9.17, 15) is 10.1 Å². The van der Waals surface area contributed by atoms with Gasteiger partial charge in [0.05, 0.1) is 4.92 Å². The van der Waals surface area contributed by atoms with Gasteiger partial charge in [0.1, 0.15) is 5.69 Å². The molecule has 0 aliphatic carbocycles. The van der Waals surface area contributed by atoms with Crippen molar-refractivity contribution >= 4 is 34.0 Å². The van der Waals surface area contributed by atoms with Crippen molar-refractivity contribution in [3.05, 3.63) is 31.9 Å². The summed E-state index contributed by atoms with van der Waals surface area (Å²) in [5.41, 5.74) is 0.558. The molecule has 0 amide bonds. The number of hydrogen-bond donors (Lipinski definition) is 2. The normalized spacial score (nSPS) is 12.2. The van der Waals surface area contributed by atoms with Crippen molar-refractivity contribution < 1.29 is 10.0 Å². The number of rotatable bonds is 5. The second-order valence-electron chi connectivity index (χ2n) is 3.59. The molecule has 16 heavy (non-hydrogen) atoms. The lowest BCUT2D eigenvalue weighted by molar-refractivity contribution is -0.384. The third kappa shape index (κ3) is 3.60. The van der Waals surface area contributed by atoms with Crippen LogP contribution in [0.3, 0.4) is 0 Å².